The molecule has 2 aromatic carbocycles. The average molecular weight is 503 g/mol. The number of furan rings is 1. The fraction of sp³-hybridized carbons (Fsp3) is 0.179. The van der Waals surface area contributed by atoms with E-state index in [0.29, 0.717) is 32.1 Å². The zero-order valence-corrected chi connectivity index (χ0v) is 20.8. The molecule has 2 aromatic heterocycles. The maximum absolute atomic E-state index is 13.6. The summed E-state index contributed by atoms with van der Waals surface area (Å²) in [5.41, 5.74) is 3.17. The SMILES string of the molecule is CCOC(=O)C1=C(C)N=c2s/c(=C/c3ccc(-c4ccc(F)cc4)o3)c(=O)n2[C@H]1c1ccc(C)cc1. The van der Waals surface area contributed by atoms with E-state index in [-0.39, 0.29) is 18.0 Å². The summed E-state index contributed by atoms with van der Waals surface area (Å²) in [7, 11) is 0. The van der Waals surface area contributed by atoms with Gasteiger partial charge in [-0.25, -0.2) is 14.2 Å². The molecule has 1 aliphatic rings. The third kappa shape index (κ3) is 4.35. The van der Waals surface area contributed by atoms with E-state index in [0.717, 1.165) is 16.7 Å². The monoisotopic (exact) mass is 502 g/mol. The molecule has 182 valence electrons. The van der Waals surface area contributed by atoms with Crippen LogP contribution in [0.25, 0.3) is 17.4 Å². The second kappa shape index (κ2) is 9.54. The maximum atomic E-state index is 13.6. The second-order valence-electron chi connectivity index (χ2n) is 8.42. The van der Waals surface area contributed by atoms with Gasteiger partial charge in [0.05, 0.1) is 28.5 Å². The number of carbonyl (C=O) groups is 1. The van der Waals surface area contributed by atoms with Crippen LogP contribution in [0, 0.1) is 12.7 Å². The highest BCUT2D eigenvalue weighted by atomic mass is 32.1. The molecule has 0 fully saturated rings. The van der Waals surface area contributed by atoms with Crippen molar-refractivity contribution in [3.63, 3.8) is 0 Å². The van der Waals surface area contributed by atoms with Gasteiger partial charge >= 0.3 is 5.97 Å². The Labute approximate surface area is 210 Å². The number of halogens is 1. The lowest BCUT2D eigenvalue weighted by atomic mass is 9.95. The number of rotatable bonds is 5. The number of thiazole rings is 1. The van der Waals surface area contributed by atoms with Gasteiger partial charge in [0.2, 0.25) is 0 Å². The molecule has 36 heavy (non-hydrogen) atoms. The average Bonchev–Trinajstić information content (AvgIpc) is 3.44. The molecule has 0 spiro atoms. The van der Waals surface area contributed by atoms with Crippen molar-refractivity contribution in [2.75, 3.05) is 6.61 Å². The quantitative estimate of drug-likeness (QED) is 0.377. The molecule has 0 radical (unpaired) electrons. The van der Waals surface area contributed by atoms with Gasteiger partial charge < -0.3 is 9.15 Å². The van der Waals surface area contributed by atoms with Crippen molar-refractivity contribution in [2.24, 2.45) is 4.99 Å². The first kappa shape index (κ1) is 23.7. The Morgan fingerprint density at radius 3 is 2.53 bits per heavy atom. The number of nitrogens with zero attached hydrogens (tertiary/aromatic N) is 2. The summed E-state index contributed by atoms with van der Waals surface area (Å²) in [5.74, 6) is 0.223. The van der Waals surface area contributed by atoms with Crippen LogP contribution in [0.3, 0.4) is 0 Å². The third-order valence-electron chi connectivity index (χ3n) is 5.94. The Balaban J connectivity index is 1.63. The van der Waals surface area contributed by atoms with E-state index >= 15 is 0 Å². The van der Waals surface area contributed by atoms with E-state index in [1.165, 1.54) is 23.5 Å². The van der Waals surface area contributed by atoms with Crippen LogP contribution in [0.4, 0.5) is 4.39 Å². The number of allylic oxidation sites excluding steroid dienone is 1. The maximum Gasteiger partial charge on any atom is 0.338 e. The van der Waals surface area contributed by atoms with Gasteiger partial charge in [0.25, 0.3) is 5.56 Å². The van der Waals surface area contributed by atoms with E-state index < -0.39 is 12.0 Å². The largest absolute Gasteiger partial charge is 0.463 e. The molecule has 0 bridgehead atoms. The van der Waals surface area contributed by atoms with Gasteiger partial charge in [0.15, 0.2) is 4.80 Å². The smallest absolute Gasteiger partial charge is 0.338 e. The Morgan fingerprint density at radius 1 is 1.11 bits per heavy atom. The molecule has 3 heterocycles. The Hall–Kier alpha value is -4.04. The highest BCUT2D eigenvalue weighted by Gasteiger charge is 2.33. The minimum atomic E-state index is -0.658. The standard InChI is InChI=1S/C28H23FN2O4S/c1-4-34-27(33)24-17(3)30-28-31(25(24)19-7-5-16(2)6-8-19)26(32)23(36-28)15-21-13-14-22(35-21)18-9-11-20(29)12-10-18/h5-15,25H,4H2,1-3H3/b23-15+/t25-/m0/s1. The van der Waals surface area contributed by atoms with Crippen LogP contribution in [0.5, 0.6) is 0 Å². The van der Waals surface area contributed by atoms with E-state index in [1.807, 2.05) is 31.2 Å². The van der Waals surface area contributed by atoms with Crippen molar-refractivity contribution in [3.05, 3.63) is 114 Å². The zero-order chi connectivity index (χ0) is 25.4. The first-order chi connectivity index (χ1) is 17.4. The zero-order valence-electron chi connectivity index (χ0n) is 19.9. The molecule has 1 aliphatic heterocycles. The van der Waals surface area contributed by atoms with Crippen molar-refractivity contribution in [1.29, 1.82) is 0 Å². The molecular weight excluding hydrogens is 479 g/mol. The number of hydrogen-bond acceptors (Lipinski definition) is 6. The van der Waals surface area contributed by atoms with Crippen molar-refractivity contribution in [2.45, 2.75) is 26.8 Å². The molecule has 0 unspecified atom stereocenters. The topological polar surface area (TPSA) is 73.8 Å². The lowest BCUT2D eigenvalue weighted by Gasteiger charge is -2.24. The number of carbonyl (C=O) groups excluding carboxylic acids is 1. The lowest BCUT2D eigenvalue weighted by molar-refractivity contribution is -0.139. The van der Waals surface area contributed by atoms with Crippen LogP contribution in [0.2, 0.25) is 0 Å². The van der Waals surface area contributed by atoms with Gasteiger partial charge in [-0.3, -0.25) is 9.36 Å². The summed E-state index contributed by atoms with van der Waals surface area (Å²) in [4.78, 5) is 31.7. The molecular formula is C28H23FN2O4S. The van der Waals surface area contributed by atoms with Crippen molar-refractivity contribution in [3.8, 4) is 11.3 Å². The predicted molar refractivity (Wildman–Crippen MR) is 136 cm³/mol. The summed E-state index contributed by atoms with van der Waals surface area (Å²) in [6, 6.07) is 16.6. The number of esters is 1. The minimum Gasteiger partial charge on any atom is -0.463 e. The van der Waals surface area contributed by atoms with Gasteiger partial charge in [-0.15, -0.1) is 0 Å². The van der Waals surface area contributed by atoms with Gasteiger partial charge in [-0.1, -0.05) is 41.2 Å². The highest BCUT2D eigenvalue weighted by Crippen LogP contribution is 2.31. The van der Waals surface area contributed by atoms with Crippen molar-refractivity contribution >= 4 is 23.4 Å². The Kier molecular flexibility index (Phi) is 6.28. The van der Waals surface area contributed by atoms with Gasteiger partial charge in [0, 0.05) is 11.6 Å². The van der Waals surface area contributed by atoms with Gasteiger partial charge in [-0.05, 0) is 62.7 Å². The molecule has 0 saturated heterocycles. The molecule has 0 amide bonds. The molecule has 0 saturated carbocycles. The second-order valence-corrected chi connectivity index (χ2v) is 9.43. The fourth-order valence-electron chi connectivity index (χ4n) is 4.18. The first-order valence-corrected chi connectivity index (χ1v) is 12.3. The molecule has 8 heteroatoms. The summed E-state index contributed by atoms with van der Waals surface area (Å²) in [6.07, 6.45) is 1.66. The van der Waals surface area contributed by atoms with Crippen LogP contribution in [0.15, 0.2) is 86.1 Å². The van der Waals surface area contributed by atoms with Crippen LogP contribution in [-0.2, 0) is 9.53 Å². The van der Waals surface area contributed by atoms with E-state index in [2.05, 4.69) is 4.99 Å². The summed E-state index contributed by atoms with van der Waals surface area (Å²) in [5, 5.41) is 0. The molecule has 5 rings (SSSR count). The number of aromatic nitrogens is 1. The van der Waals surface area contributed by atoms with Crippen molar-refractivity contribution in [1.82, 2.24) is 4.57 Å². The summed E-state index contributed by atoms with van der Waals surface area (Å²) >= 11 is 1.23. The minimum absolute atomic E-state index is 0.218. The Morgan fingerprint density at radius 2 is 1.83 bits per heavy atom. The predicted octanol–water partition coefficient (Wildman–Crippen LogP) is 4.51. The highest BCUT2D eigenvalue weighted by molar-refractivity contribution is 7.07. The number of aryl methyl sites for hydroxylation is 1. The number of hydrogen-bond donors (Lipinski definition) is 0. The molecule has 0 aliphatic carbocycles. The molecule has 6 nitrogen and oxygen atoms in total. The first-order valence-electron chi connectivity index (χ1n) is 11.5. The van der Waals surface area contributed by atoms with E-state index in [9.17, 15) is 14.0 Å². The summed E-state index contributed by atoms with van der Waals surface area (Å²) < 4.78 is 26.5. The molecule has 4 aromatic rings. The number of ether oxygens (including phenoxy) is 1. The molecule has 1 atom stereocenters. The van der Waals surface area contributed by atoms with E-state index in [1.54, 1.807) is 48.8 Å². The Bertz CT molecular complexity index is 1660. The lowest BCUT2D eigenvalue weighted by Crippen LogP contribution is -2.39. The third-order valence-corrected chi connectivity index (χ3v) is 6.92. The number of fused-ring (bicyclic) bond motifs is 1. The van der Waals surface area contributed by atoms with Crippen LogP contribution in [0.1, 0.15) is 36.8 Å². The van der Waals surface area contributed by atoms with E-state index in [4.69, 9.17) is 9.15 Å². The van der Waals surface area contributed by atoms with Gasteiger partial charge in [-0.2, -0.15) is 0 Å². The van der Waals surface area contributed by atoms with Crippen LogP contribution < -0.4 is 14.9 Å². The van der Waals surface area contributed by atoms with Crippen LogP contribution in [-0.4, -0.2) is 17.1 Å². The van der Waals surface area contributed by atoms with Crippen LogP contribution >= 0.6 is 11.3 Å². The fourth-order valence-corrected chi connectivity index (χ4v) is 5.21. The van der Waals surface area contributed by atoms with Gasteiger partial charge in [0.1, 0.15) is 17.3 Å². The number of benzene rings is 2. The van der Waals surface area contributed by atoms with Crippen molar-refractivity contribution < 1.29 is 18.3 Å². The summed E-state index contributed by atoms with van der Waals surface area (Å²) in [6.45, 7) is 5.70. The molecule has 0 N–H and O–H groups in total. The normalized spacial score (nSPS) is 15.6.